The highest BCUT2D eigenvalue weighted by molar-refractivity contribution is 7.89. The van der Waals surface area contributed by atoms with Crippen molar-refractivity contribution in [3.05, 3.63) is 48.0 Å². The predicted molar refractivity (Wildman–Crippen MR) is 124 cm³/mol. The zero-order valence-corrected chi connectivity index (χ0v) is 20.3. The van der Waals surface area contributed by atoms with Gasteiger partial charge in [-0.25, -0.2) is 12.7 Å². The number of amides is 1. The Labute approximate surface area is 194 Å². The molecule has 0 saturated heterocycles. The first-order chi connectivity index (χ1) is 15.5. The Morgan fingerprint density at radius 3 is 2.21 bits per heavy atom. The maximum Gasteiger partial charge on any atom is 0.310 e. The van der Waals surface area contributed by atoms with Crippen LogP contribution in [0.4, 0.5) is 5.69 Å². The molecule has 9 nitrogen and oxygen atoms in total. The summed E-state index contributed by atoms with van der Waals surface area (Å²) in [4.78, 5) is 24.6. The molecule has 0 saturated carbocycles. The summed E-state index contributed by atoms with van der Waals surface area (Å²) in [5.41, 5.74) is 0.994. The molecule has 33 heavy (non-hydrogen) atoms. The van der Waals surface area contributed by atoms with Crippen LogP contribution in [0.3, 0.4) is 0 Å². The van der Waals surface area contributed by atoms with E-state index in [0.717, 1.165) is 10.1 Å². The lowest BCUT2D eigenvalue weighted by atomic mass is 10.2. The average molecular weight is 479 g/mol. The molecule has 0 radical (unpaired) electrons. The fourth-order valence-corrected chi connectivity index (χ4v) is 3.63. The van der Waals surface area contributed by atoms with Gasteiger partial charge in [0.15, 0.2) is 6.10 Å². The summed E-state index contributed by atoms with van der Waals surface area (Å²) in [5.74, 6) is 0.145. The molecule has 180 valence electrons. The molecule has 2 aromatic rings. The molecular weight excluding hydrogens is 448 g/mol. The molecule has 0 aliphatic rings. The highest BCUT2D eigenvalue weighted by atomic mass is 32.2. The summed E-state index contributed by atoms with van der Waals surface area (Å²) in [6.07, 6.45) is -1.11. The Bertz CT molecular complexity index is 1070. The molecule has 1 amide bonds. The van der Waals surface area contributed by atoms with Crippen LogP contribution in [0.5, 0.6) is 11.5 Å². The van der Waals surface area contributed by atoms with Crippen molar-refractivity contribution in [2.45, 2.75) is 38.2 Å². The lowest BCUT2D eigenvalue weighted by molar-refractivity contribution is -0.153. The van der Waals surface area contributed by atoms with Crippen LogP contribution >= 0.6 is 0 Å². The second-order valence-electron chi connectivity index (χ2n) is 7.39. The summed E-state index contributed by atoms with van der Waals surface area (Å²) < 4.78 is 41.8. The van der Waals surface area contributed by atoms with Crippen LogP contribution < -0.4 is 14.8 Å². The number of ether oxygens (including phenoxy) is 3. The van der Waals surface area contributed by atoms with Crippen LogP contribution in [0.25, 0.3) is 0 Å². The van der Waals surface area contributed by atoms with Gasteiger partial charge in [0.2, 0.25) is 10.0 Å². The Morgan fingerprint density at radius 1 is 1.03 bits per heavy atom. The summed E-state index contributed by atoms with van der Waals surface area (Å²) >= 11 is 0. The molecular formula is C23H30N2O7S. The molecule has 2 aromatic carbocycles. The SMILES string of the molecule is CCOc1ccc(OCCC(=O)O[C@@H](C)C(=O)Nc2cc(S(=O)(=O)N(C)C)ccc2C)cc1. The third-order valence-electron chi connectivity index (χ3n) is 4.63. The largest absolute Gasteiger partial charge is 0.494 e. The van der Waals surface area contributed by atoms with Crippen molar-refractivity contribution >= 4 is 27.6 Å². The Morgan fingerprint density at radius 2 is 1.64 bits per heavy atom. The number of aryl methyl sites for hydroxylation is 1. The monoisotopic (exact) mass is 478 g/mol. The highest BCUT2D eigenvalue weighted by Crippen LogP contribution is 2.22. The van der Waals surface area contributed by atoms with E-state index in [-0.39, 0.29) is 17.9 Å². The second kappa shape index (κ2) is 11.7. The lowest BCUT2D eigenvalue weighted by Gasteiger charge is -2.17. The molecule has 0 fully saturated rings. The third kappa shape index (κ3) is 7.47. The summed E-state index contributed by atoms with van der Waals surface area (Å²) in [7, 11) is -0.804. The number of nitrogens with zero attached hydrogens (tertiary/aromatic N) is 1. The number of carbonyl (C=O) groups excluding carboxylic acids is 2. The molecule has 0 aliphatic carbocycles. The number of hydrogen-bond acceptors (Lipinski definition) is 7. The van der Waals surface area contributed by atoms with E-state index in [1.165, 1.54) is 33.2 Å². The topological polar surface area (TPSA) is 111 Å². The van der Waals surface area contributed by atoms with Crippen LogP contribution in [0.15, 0.2) is 47.4 Å². The van der Waals surface area contributed by atoms with Gasteiger partial charge < -0.3 is 19.5 Å². The Hall–Kier alpha value is -3.11. The van der Waals surface area contributed by atoms with Gasteiger partial charge in [-0.05, 0) is 62.7 Å². The normalized spacial score (nSPS) is 12.2. The Kier molecular flexibility index (Phi) is 9.24. The molecule has 0 spiro atoms. The summed E-state index contributed by atoms with van der Waals surface area (Å²) in [6, 6.07) is 11.4. The molecule has 1 atom stereocenters. The first-order valence-electron chi connectivity index (χ1n) is 10.4. The van der Waals surface area contributed by atoms with Gasteiger partial charge in [-0.3, -0.25) is 9.59 Å². The minimum atomic E-state index is -3.65. The zero-order chi connectivity index (χ0) is 24.6. The van der Waals surface area contributed by atoms with Gasteiger partial charge in [0.1, 0.15) is 11.5 Å². The van der Waals surface area contributed by atoms with Crippen molar-refractivity contribution in [3.63, 3.8) is 0 Å². The van der Waals surface area contributed by atoms with Gasteiger partial charge in [0, 0.05) is 19.8 Å². The van der Waals surface area contributed by atoms with Gasteiger partial charge >= 0.3 is 5.97 Å². The number of hydrogen-bond donors (Lipinski definition) is 1. The standard InChI is InChI=1S/C23H30N2O7S/c1-6-30-18-8-10-19(11-9-18)31-14-13-22(26)32-17(3)23(27)24-21-15-20(12-7-16(21)2)33(28,29)25(4)5/h7-12,15,17H,6,13-14H2,1-5H3,(H,24,27)/t17-/m0/s1. The molecule has 0 bridgehead atoms. The summed E-state index contributed by atoms with van der Waals surface area (Å²) in [6.45, 7) is 5.72. The quantitative estimate of drug-likeness (QED) is 0.494. The van der Waals surface area contributed by atoms with Gasteiger partial charge in [-0.1, -0.05) is 6.07 Å². The van der Waals surface area contributed by atoms with Crippen LogP contribution in [-0.2, 0) is 24.3 Å². The number of rotatable bonds is 11. The molecule has 1 N–H and O–H groups in total. The van der Waals surface area contributed by atoms with Crippen LogP contribution in [0.1, 0.15) is 25.8 Å². The van der Waals surface area contributed by atoms with Crippen molar-refractivity contribution in [2.75, 3.05) is 32.6 Å². The van der Waals surface area contributed by atoms with E-state index < -0.39 is 28.0 Å². The van der Waals surface area contributed by atoms with Gasteiger partial charge in [0.25, 0.3) is 5.91 Å². The van der Waals surface area contributed by atoms with Crippen molar-refractivity contribution in [1.29, 1.82) is 0 Å². The van der Waals surface area contributed by atoms with Crippen molar-refractivity contribution < 1.29 is 32.2 Å². The fraction of sp³-hybridized carbons (Fsp3) is 0.391. The van der Waals surface area contributed by atoms with Crippen LogP contribution in [0.2, 0.25) is 0 Å². The van der Waals surface area contributed by atoms with E-state index in [1.807, 2.05) is 6.92 Å². The van der Waals surface area contributed by atoms with Gasteiger partial charge in [0.05, 0.1) is 24.5 Å². The third-order valence-corrected chi connectivity index (χ3v) is 6.44. The lowest BCUT2D eigenvalue weighted by Crippen LogP contribution is -2.30. The molecule has 0 heterocycles. The number of esters is 1. The maximum atomic E-state index is 12.5. The first-order valence-corrected chi connectivity index (χ1v) is 11.9. The van der Waals surface area contributed by atoms with Crippen molar-refractivity contribution in [1.82, 2.24) is 4.31 Å². The molecule has 0 aliphatic heterocycles. The van der Waals surface area contributed by atoms with Gasteiger partial charge in [-0.2, -0.15) is 0 Å². The minimum Gasteiger partial charge on any atom is -0.494 e. The molecule has 2 rings (SSSR count). The number of anilines is 1. The van der Waals surface area contributed by atoms with E-state index in [4.69, 9.17) is 14.2 Å². The smallest absolute Gasteiger partial charge is 0.310 e. The first kappa shape index (κ1) is 26.1. The van der Waals surface area contributed by atoms with Crippen molar-refractivity contribution in [2.24, 2.45) is 0 Å². The summed E-state index contributed by atoms with van der Waals surface area (Å²) in [5, 5.41) is 2.62. The van der Waals surface area contributed by atoms with E-state index >= 15 is 0 Å². The Balaban J connectivity index is 1.88. The number of sulfonamides is 1. The molecule has 0 aromatic heterocycles. The highest BCUT2D eigenvalue weighted by Gasteiger charge is 2.21. The van der Waals surface area contributed by atoms with E-state index in [0.29, 0.717) is 23.6 Å². The molecule has 10 heteroatoms. The minimum absolute atomic E-state index is 0.0412. The van der Waals surface area contributed by atoms with E-state index in [2.05, 4.69) is 5.32 Å². The number of carbonyl (C=O) groups is 2. The predicted octanol–water partition coefficient (Wildman–Crippen LogP) is 2.98. The van der Waals surface area contributed by atoms with Crippen LogP contribution in [0, 0.1) is 6.92 Å². The van der Waals surface area contributed by atoms with Gasteiger partial charge in [-0.15, -0.1) is 0 Å². The van der Waals surface area contributed by atoms with E-state index in [1.54, 1.807) is 37.3 Å². The number of benzene rings is 2. The maximum absolute atomic E-state index is 12.5. The van der Waals surface area contributed by atoms with Crippen LogP contribution in [-0.4, -0.2) is 58.0 Å². The average Bonchev–Trinajstić information content (AvgIpc) is 2.76. The number of nitrogens with one attached hydrogen (secondary N) is 1. The van der Waals surface area contributed by atoms with E-state index in [9.17, 15) is 18.0 Å². The fourth-order valence-electron chi connectivity index (χ4n) is 2.70. The second-order valence-corrected chi connectivity index (χ2v) is 9.54. The molecule has 0 unspecified atom stereocenters. The zero-order valence-electron chi connectivity index (χ0n) is 19.5. The van der Waals surface area contributed by atoms with Crippen molar-refractivity contribution in [3.8, 4) is 11.5 Å².